The smallest absolute Gasteiger partial charge is 0.160 e. The van der Waals surface area contributed by atoms with E-state index in [4.69, 9.17) is 5.84 Å². The minimum Gasteiger partial charge on any atom is -0.351 e. The van der Waals surface area contributed by atoms with Gasteiger partial charge >= 0.3 is 0 Å². The number of rotatable bonds is 2. The van der Waals surface area contributed by atoms with E-state index in [1.165, 1.54) is 10.4 Å². The molecular weight excluding hydrogens is 234 g/mol. The molecule has 0 saturated heterocycles. The molecule has 0 amide bonds. The van der Waals surface area contributed by atoms with Crippen molar-refractivity contribution in [2.45, 2.75) is 13.0 Å². The fourth-order valence-electron chi connectivity index (χ4n) is 2.02. The van der Waals surface area contributed by atoms with Crippen molar-refractivity contribution in [1.29, 1.82) is 0 Å². The summed E-state index contributed by atoms with van der Waals surface area (Å²) in [5.41, 5.74) is 3.92. The van der Waals surface area contributed by atoms with Gasteiger partial charge in [-0.3, -0.25) is 4.98 Å². The molecule has 5 nitrogen and oxygen atoms in total. The van der Waals surface area contributed by atoms with Crippen molar-refractivity contribution in [3.05, 3.63) is 34.3 Å². The number of nitrogen functional groups attached to an aromatic ring is 1. The van der Waals surface area contributed by atoms with Gasteiger partial charge in [-0.25, -0.2) is 10.8 Å². The number of anilines is 2. The van der Waals surface area contributed by atoms with E-state index in [-0.39, 0.29) is 0 Å². The Morgan fingerprint density at radius 2 is 2.35 bits per heavy atom. The predicted molar refractivity (Wildman–Crippen MR) is 68.9 cm³/mol. The molecule has 0 radical (unpaired) electrons. The van der Waals surface area contributed by atoms with Crippen molar-refractivity contribution in [3.63, 3.8) is 0 Å². The van der Waals surface area contributed by atoms with Gasteiger partial charge < -0.3 is 10.3 Å². The van der Waals surface area contributed by atoms with Crippen LogP contribution in [-0.2, 0) is 13.0 Å². The van der Waals surface area contributed by atoms with Crippen molar-refractivity contribution in [2.75, 3.05) is 16.9 Å². The maximum Gasteiger partial charge on any atom is 0.160 e. The van der Waals surface area contributed by atoms with E-state index < -0.39 is 0 Å². The van der Waals surface area contributed by atoms with Crippen LogP contribution in [0.25, 0.3) is 0 Å². The fourth-order valence-corrected chi connectivity index (χ4v) is 2.91. The Hall–Kier alpha value is -1.66. The lowest BCUT2D eigenvalue weighted by atomic mass is 10.1. The van der Waals surface area contributed by atoms with Crippen molar-refractivity contribution >= 4 is 23.0 Å². The topological polar surface area (TPSA) is 67.1 Å². The highest BCUT2D eigenvalue weighted by molar-refractivity contribution is 7.10. The molecule has 1 aliphatic rings. The van der Waals surface area contributed by atoms with Crippen LogP contribution in [0.3, 0.4) is 0 Å². The molecule has 1 aliphatic heterocycles. The first kappa shape index (κ1) is 10.5. The third-order valence-corrected chi connectivity index (χ3v) is 3.92. The maximum atomic E-state index is 5.34. The van der Waals surface area contributed by atoms with Crippen molar-refractivity contribution in [3.8, 4) is 0 Å². The van der Waals surface area contributed by atoms with E-state index in [2.05, 4.69) is 31.7 Å². The average molecular weight is 247 g/mol. The van der Waals surface area contributed by atoms with Crippen LogP contribution in [0.15, 0.2) is 23.8 Å². The van der Waals surface area contributed by atoms with Gasteiger partial charge in [0, 0.05) is 18.0 Å². The van der Waals surface area contributed by atoms with Crippen molar-refractivity contribution < 1.29 is 0 Å². The molecule has 6 heteroatoms. The number of hydrazine groups is 1. The number of thiophene rings is 1. The third kappa shape index (κ3) is 1.96. The van der Waals surface area contributed by atoms with Gasteiger partial charge in [0.15, 0.2) is 5.82 Å². The molecule has 0 aliphatic carbocycles. The van der Waals surface area contributed by atoms with E-state index in [0.717, 1.165) is 25.3 Å². The minimum absolute atomic E-state index is 0.596. The Morgan fingerprint density at radius 1 is 1.41 bits per heavy atom. The summed E-state index contributed by atoms with van der Waals surface area (Å²) < 4.78 is 0. The lowest BCUT2D eigenvalue weighted by Gasteiger charge is -2.27. The molecule has 17 heavy (non-hydrogen) atoms. The van der Waals surface area contributed by atoms with Gasteiger partial charge in [-0.2, -0.15) is 0 Å². The van der Waals surface area contributed by atoms with Gasteiger partial charge in [-0.1, -0.05) is 0 Å². The molecule has 0 fully saturated rings. The first-order valence-electron chi connectivity index (χ1n) is 5.45. The second kappa shape index (κ2) is 4.31. The first-order chi connectivity index (χ1) is 8.36. The standard InChI is InChI=1S/C11H13N5S/c12-15-10-5-13-6-11(14-10)16-3-1-9-8(7-16)2-4-17-9/h2,4-6H,1,3,7,12H2,(H,14,15). The Morgan fingerprint density at radius 3 is 3.24 bits per heavy atom. The van der Waals surface area contributed by atoms with Gasteiger partial charge in [-0.15, -0.1) is 11.3 Å². The second-order valence-corrected chi connectivity index (χ2v) is 4.95. The number of aromatic nitrogens is 2. The van der Waals surface area contributed by atoms with Crippen LogP contribution in [0.5, 0.6) is 0 Å². The van der Waals surface area contributed by atoms with Crippen LogP contribution >= 0.6 is 11.3 Å². The van der Waals surface area contributed by atoms with E-state index in [1.807, 2.05) is 11.3 Å². The summed E-state index contributed by atoms with van der Waals surface area (Å²) in [6, 6.07) is 2.19. The Balaban J connectivity index is 1.86. The summed E-state index contributed by atoms with van der Waals surface area (Å²) >= 11 is 1.84. The number of nitrogens with two attached hydrogens (primary N) is 1. The summed E-state index contributed by atoms with van der Waals surface area (Å²) in [6.07, 6.45) is 4.47. The van der Waals surface area contributed by atoms with Gasteiger partial charge in [0.2, 0.25) is 0 Å². The lowest BCUT2D eigenvalue weighted by molar-refractivity contribution is 0.730. The highest BCUT2D eigenvalue weighted by Crippen LogP contribution is 2.26. The van der Waals surface area contributed by atoms with Crippen LogP contribution in [0.4, 0.5) is 11.6 Å². The second-order valence-electron chi connectivity index (χ2n) is 3.95. The maximum absolute atomic E-state index is 5.34. The molecule has 0 spiro atoms. The first-order valence-corrected chi connectivity index (χ1v) is 6.33. The fraction of sp³-hybridized carbons (Fsp3) is 0.273. The molecule has 0 aromatic carbocycles. The highest BCUT2D eigenvalue weighted by atomic mass is 32.1. The van der Waals surface area contributed by atoms with Gasteiger partial charge in [0.25, 0.3) is 0 Å². The quantitative estimate of drug-likeness (QED) is 0.620. The number of hydrogen-bond donors (Lipinski definition) is 2. The Labute approximate surface area is 103 Å². The molecule has 3 rings (SSSR count). The zero-order chi connectivity index (χ0) is 11.7. The summed E-state index contributed by atoms with van der Waals surface area (Å²) in [6.45, 7) is 1.89. The molecule has 0 saturated carbocycles. The molecule has 0 unspecified atom stereocenters. The number of nitrogens with one attached hydrogen (secondary N) is 1. The minimum atomic E-state index is 0.596. The van der Waals surface area contributed by atoms with Gasteiger partial charge in [0.1, 0.15) is 5.82 Å². The zero-order valence-corrected chi connectivity index (χ0v) is 10.1. The monoisotopic (exact) mass is 247 g/mol. The van der Waals surface area contributed by atoms with Gasteiger partial charge in [-0.05, 0) is 23.4 Å². The van der Waals surface area contributed by atoms with E-state index in [0.29, 0.717) is 5.82 Å². The Kier molecular flexibility index (Phi) is 2.66. The van der Waals surface area contributed by atoms with Crippen LogP contribution in [0, 0.1) is 0 Å². The zero-order valence-electron chi connectivity index (χ0n) is 9.26. The SMILES string of the molecule is NNc1cncc(N2CCc3sccc3C2)n1. The normalized spacial score (nSPS) is 14.5. The van der Waals surface area contributed by atoms with Crippen LogP contribution in [0.2, 0.25) is 0 Å². The molecule has 0 bridgehead atoms. The third-order valence-electron chi connectivity index (χ3n) is 2.90. The van der Waals surface area contributed by atoms with Crippen LogP contribution in [-0.4, -0.2) is 16.5 Å². The van der Waals surface area contributed by atoms with Crippen molar-refractivity contribution in [2.24, 2.45) is 5.84 Å². The summed E-state index contributed by atoms with van der Waals surface area (Å²) in [4.78, 5) is 12.2. The molecular formula is C11H13N5S. The predicted octanol–water partition coefficient (Wildman–Crippen LogP) is 1.39. The van der Waals surface area contributed by atoms with Gasteiger partial charge in [0.05, 0.1) is 12.4 Å². The van der Waals surface area contributed by atoms with Crippen LogP contribution in [0.1, 0.15) is 10.4 Å². The lowest BCUT2D eigenvalue weighted by Crippen LogP contribution is -2.30. The van der Waals surface area contributed by atoms with Crippen LogP contribution < -0.4 is 16.2 Å². The average Bonchev–Trinajstić information content (AvgIpc) is 2.86. The highest BCUT2D eigenvalue weighted by Gasteiger charge is 2.18. The van der Waals surface area contributed by atoms with E-state index in [9.17, 15) is 0 Å². The summed E-state index contributed by atoms with van der Waals surface area (Å²) in [5.74, 6) is 6.81. The number of nitrogens with zero attached hydrogens (tertiary/aromatic N) is 3. The molecule has 3 heterocycles. The molecule has 0 atom stereocenters. The van der Waals surface area contributed by atoms with E-state index >= 15 is 0 Å². The molecule has 2 aromatic heterocycles. The molecule has 3 N–H and O–H groups in total. The number of fused-ring (bicyclic) bond motifs is 1. The summed E-state index contributed by atoms with van der Waals surface area (Å²) in [7, 11) is 0. The molecule has 88 valence electrons. The van der Waals surface area contributed by atoms with Crippen molar-refractivity contribution in [1.82, 2.24) is 9.97 Å². The molecule has 2 aromatic rings. The number of hydrogen-bond acceptors (Lipinski definition) is 6. The summed E-state index contributed by atoms with van der Waals surface area (Å²) in [5, 5.41) is 2.15. The Bertz CT molecular complexity index is 524. The van der Waals surface area contributed by atoms with E-state index in [1.54, 1.807) is 12.4 Å². The largest absolute Gasteiger partial charge is 0.351 e.